The average Bonchev–Trinajstić information content (AvgIpc) is 2.35. The molecule has 1 saturated heterocycles. The Morgan fingerprint density at radius 2 is 1.70 bits per heavy atom. The maximum absolute atomic E-state index is 12.3. The molecule has 1 aliphatic rings. The first-order valence-electron chi connectivity index (χ1n) is 7.05. The number of amides is 3. The van der Waals surface area contributed by atoms with Crippen LogP contribution < -0.4 is 0 Å². The highest BCUT2D eigenvalue weighted by molar-refractivity contribution is 5.79. The largest absolute Gasteiger partial charge is 0.389 e. The lowest BCUT2D eigenvalue weighted by Crippen LogP contribution is -2.48. The maximum atomic E-state index is 12.3. The minimum Gasteiger partial charge on any atom is -0.389 e. The summed E-state index contributed by atoms with van der Waals surface area (Å²) in [5.41, 5.74) is -0.883. The minimum absolute atomic E-state index is 0.000690. The van der Waals surface area contributed by atoms with Gasteiger partial charge in [0.1, 0.15) is 0 Å². The summed E-state index contributed by atoms with van der Waals surface area (Å²) in [7, 11) is 5.19. The lowest BCUT2D eigenvalue weighted by atomic mass is 9.95. The number of hydrogen-bond donors (Lipinski definition) is 1. The first kappa shape index (κ1) is 16.8. The van der Waals surface area contributed by atoms with Crippen LogP contribution in [0.4, 0.5) is 4.79 Å². The Morgan fingerprint density at radius 3 is 2.10 bits per heavy atom. The van der Waals surface area contributed by atoms with E-state index >= 15 is 0 Å². The summed E-state index contributed by atoms with van der Waals surface area (Å²) < 4.78 is 0. The Kier molecular flexibility index (Phi) is 5.39. The molecule has 1 rings (SSSR count). The van der Waals surface area contributed by atoms with Gasteiger partial charge in [0, 0.05) is 46.7 Å². The zero-order valence-electron chi connectivity index (χ0n) is 13.2. The van der Waals surface area contributed by atoms with Crippen molar-refractivity contribution in [3.05, 3.63) is 0 Å². The lowest BCUT2D eigenvalue weighted by molar-refractivity contribution is -0.138. The lowest BCUT2D eigenvalue weighted by Gasteiger charge is -2.35. The van der Waals surface area contributed by atoms with Gasteiger partial charge >= 0.3 is 6.03 Å². The molecule has 0 unspecified atom stereocenters. The van der Waals surface area contributed by atoms with Gasteiger partial charge in [-0.25, -0.2) is 4.79 Å². The van der Waals surface area contributed by atoms with E-state index in [2.05, 4.69) is 0 Å². The molecule has 1 aliphatic heterocycles. The fourth-order valence-electron chi connectivity index (χ4n) is 2.57. The van der Waals surface area contributed by atoms with E-state index in [0.717, 1.165) is 0 Å². The summed E-state index contributed by atoms with van der Waals surface area (Å²) in [5.74, 6) is 0.0117. The predicted molar refractivity (Wildman–Crippen MR) is 77.3 cm³/mol. The van der Waals surface area contributed by atoms with Crippen LogP contribution in [0.3, 0.4) is 0 Å². The van der Waals surface area contributed by atoms with Crippen molar-refractivity contribution in [3.63, 3.8) is 0 Å². The van der Waals surface area contributed by atoms with Gasteiger partial charge in [0.25, 0.3) is 0 Å². The highest BCUT2D eigenvalue weighted by Crippen LogP contribution is 2.20. The summed E-state index contributed by atoms with van der Waals surface area (Å²) in [6.07, 6.45) is 1.38. The van der Waals surface area contributed by atoms with Gasteiger partial charge in [0.2, 0.25) is 5.91 Å². The molecule has 0 radical (unpaired) electrons. The van der Waals surface area contributed by atoms with Crippen LogP contribution in [0.1, 0.15) is 26.7 Å². The van der Waals surface area contributed by atoms with E-state index < -0.39 is 5.60 Å². The van der Waals surface area contributed by atoms with Crippen molar-refractivity contribution in [2.24, 2.45) is 5.92 Å². The number of carbonyl (C=O) groups excluding carboxylic acids is 2. The van der Waals surface area contributed by atoms with Crippen molar-refractivity contribution in [2.45, 2.75) is 32.3 Å². The van der Waals surface area contributed by atoms with Crippen LogP contribution in [-0.4, -0.2) is 78.1 Å². The number of piperidine rings is 1. The first-order valence-corrected chi connectivity index (χ1v) is 7.05. The Labute approximate surface area is 121 Å². The second-order valence-electron chi connectivity index (χ2n) is 6.45. The fraction of sp³-hybridized carbons (Fsp3) is 0.857. The average molecular weight is 285 g/mol. The van der Waals surface area contributed by atoms with Gasteiger partial charge in [-0.2, -0.15) is 0 Å². The zero-order valence-corrected chi connectivity index (χ0v) is 13.2. The third-order valence-corrected chi connectivity index (χ3v) is 3.50. The van der Waals surface area contributed by atoms with Gasteiger partial charge < -0.3 is 19.8 Å². The molecule has 0 aromatic carbocycles. The van der Waals surface area contributed by atoms with Gasteiger partial charge in [0.05, 0.1) is 5.60 Å². The van der Waals surface area contributed by atoms with Crippen LogP contribution in [0.25, 0.3) is 0 Å². The third-order valence-electron chi connectivity index (χ3n) is 3.50. The smallest absolute Gasteiger partial charge is 0.319 e. The Morgan fingerprint density at radius 1 is 1.20 bits per heavy atom. The topological polar surface area (TPSA) is 64.1 Å². The predicted octanol–water partition coefficient (Wildman–Crippen LogP) is 0.609. The zero-order chi connectivity index (χ0) is 15.5. The number of urea groups is 1. The molecule has 6 nitrogen and oxygen atoms in total. The summed E-state index contributed by atoms with van der Waals surface area (Å²) in [5, 5.41) is 9.76. The molecular weight excluding hydrogens is 258 g/mol. The molecule has 0 saturated carbocycles. The highest BCUT2D eigenvalue weighted by Gasteiger charge is 2.30. The molecule has 116 valence electrons. The molecule has 1 fully saturated rings. The molecule has 1 heterocycles. The van der Waals surface area contributed by atoms with Crippen LogP contribution >= 0.6 is 0 Å². The van der Waals surface area contributed by atoms with Crippen LogP contribution in [0.15, 0.2) is 0 Å². The number of likely N-dealkylation sites (tertiary alicyclic amines) is 1. The number of aliphatic hydroxyl groups is 1. The fourth-order valence-corrected chi connectivity index (χ4v) is 2.57. The molecule has 0 aromatic heterocycles. The summed E-state index contributed by atoms with van der Waals surface area (Å²) in [6, 6.07) is 0.000690. The standard InChI is InChI=1S/C14H27N3O3/c1-14(2,20)10-16(5)12(18)11-6-8-17(9-7-11)13(19)15(3)4/h11,20H,6-10H2,1-5H3. The van der Waals surface area contributed by atoms with Crippen LogP contribution in [-0.2, 0) is 4.79 Å². The molecule has 0 aliphatic carbocycles. The van der Waals surface area contributed by atoms with Crippen molar-refractivity contribution < 1.29 is 14.7 Å². The van der Waals surface area contributed by atoms with Crippen LogP contribution in [0.5, 0.6) is 0 Å². The van der Waals surface area contributed by atoms with E-state index in [0.29, 0.717) is 32.5 Å². The van der Waals surface area contributed by atoms with Crippen molar-refractivity contribution >= 4 is 11.9 Å². The van der Waals surface area contributed by atoms with Crippen molar-refractivity contribution in [1.82, 2.24) is 14.7 Å². The van der Waals surface area contributed by atoms with E-state index in [-0.39, 0.29) is 17.9 Å². The molecule has 0 atom stereocenters. The first-order chi connectivity index (χ1) is 9.11. The number of rotatable bonds is 3. The molecule has 1 N–H and O–H groups in total. The van der Waals surface area contributed by atoms with E-state index in [1.165, 1.54) is 0 Å². The summed E-state index contributed by atoms with van der Waals surface area (Å²) in [4.78, 5) is 29.0. The van der Waals surface area contributed by atoms with E-state index in [1.807, 2.05) is 0 Å². The maximum Gasteiger partial charge on any atom is 0.319 e. The second kappa shape index (κ2) is 6.43. The van der Waals surface area contributed by atoms with Gasteiger partial charge in [-0.05, 0) is 26.7 Å². The second-order valence-corrected chi connectivity index (χ2v) is 6.45. The molecule has 0 spiro atoms. The van der Waals surface area contributed by atoms with Gasteiger partial charge in [-0.1, -0.05) is 0 Å². The summed E-state index contributed by atoms with van der Waals surface area (Å²) >= 11 is 0. The molecular formula is C14H27N3O3. The highest BCUT2D eigenvalue weighted by atomic mass is 16.3. The molecule has 20 heavy (non-hydrogen) atoms. The quantitative estimate of drug-likeness (QED) is 0.826. The van der Waals surface area contributed by atoms with Crippen molar-refractivity contribution in [3.8, 4) is 0 Å². The van der Waals surface area contributed by atoms with E-state index in [1.54, 1.807) is 49.7 Å². The number of likely N-dealkylation sites (N-methyl/N-ethyl adjacent to an activating group) is 1. The van der Waals surface area contributed by atoms with Gasteiger partial charge in [-0.3, -0.25) is 4.79 Å². The SMILES string of the molecule is CN(C)C(=O)N1CCC(C(=O)N(C)CC(C)(C)O)CC1. The van der Waals surface area contributed by atoms with E-state index in [4.69, 9.17) is 0 Å². The molecule has 0 aromatic rings. The Bertz CT molecular complexity index is 355. The minimum atomic E-state index is -0.883. The van der Waals surface area contributed by atoms with Gasteiger partial charge in [0.15, 0.2) is 0 Å². The van der Waals surface area contributed by atoms with Crippen molar-refractivity contribution in [1.29, 1.82) is 0 Å². The van der Waals surface area contributed by atoms with Crippen LogP contribution in [0.2, 0.25) is 0 Å². The Hall–Kier alpha value is -1.30. The summed E-state index contributed by atoms with van der Waals surface area (Å²) in [6.45, 7) is 4.93. The van der Waals surface area contributed by atoms with Crippen molar-refractivity contribution in [2.75, 3.05) is 40.8 Å². The normalized spacial score (nSPS) is 17.0. The number of hydrogen-bond acceptors (Lipinski definition) is 3. The third kappa shape index (κ3) is 4.67. The monoisotopic (exact) mass is 285 g/mol. The van der Waals surface area contributed by atoms with Gasteiger partial charge in [-0.15, -0.1) is 0 Å². The van der Waals surface area contributed by atoms with Crippen LogP contribution in [0, 0.1) is 5.92 Å². The van der Waals surface area contributed by atoms with E-state index in [9.17, 15) is 14.7 Å². The molecule has 0 bridgehead atoms. The Balaban J connectivity index is 2.49. The number of nitrogens with zero attached hydrogens (tertiary/aromatic N) is 3. The number of carbonyl (C=O) groups is 2. The molecule has 6 heteroatoms. The molecule has 3 amide bonds.